The lowest BCUT2D eigenvalue weighted by atomic mass is 9.87. The summed E-state index contributed by atoms with van der Waals surface area (Å²) < 4.78 is 1.73. The summed E-state index contributed by atoms with van der Waals surface area (Å²) in [4.78, 5) is 12.0. The van der Waals surface area contributed by atoms with Crippen molar-refractivity contribution in [1.29, 1.82) is 0 Å². The quantitative estimate of drug-likeness (QED) is 0.690. The number of aromatic nitrogens is 1. The zero-order chi connectivity index (χ0) is 11.2. The van der Waals surface area contributed by atoms with Crippen LogP contribution in [0.15, 0.2) is 17.1 Å². The second kappa shape index (κ2) is 3.22. The van der Waals surface area contributed by atoms with E-state index in [2.05, 4.69) is 26.8 Å². The highest BCUT2D eigenvalue weighted by atomic mass is 16.1. The van der Waals surface area contributed by atoms with E-state index >= 15 is 0 Å². The van der Waals surface area contributed by atoms with E-state index in [1.54, 1.807) is 4.57 Å². The summed E-state index contributed by atoms with van der Waals surface area (Å²) in [5.41, 5.74) is 2.36. The largest absolute Gasteiger partial charge is 0.318 e. The van der Waals surface area contributed by atoms with Crippen molar-refractivity contribution >= 4 is 0 Å². The van der Waals surface area contributed by atoms with E-state index < -0.39 is 0 Å². The van der Waals surface area contributed by atoms with Gasteiger partial charge in [-0.05, 0) is 35.8 Å². The highest BCUT2D eigenvalue weighted by Gasteiger charge is 2.27. The van der Waals surface area contributed by atoms with E-state index in [1.165, 1.54) is 18.4 Å². The average molecular weight is 205 g/mol. The van der Waals surface area contributed by atoms with E-state index in [4.69, 9.17) is 0 Å². The molecule has 0 bridgehead atoms. The molecule has 15 heavy (non-hydrogen) atoms. The van der Waals surface area contributed by atoms with E-state index in [0.29, 0.717) is 5.92 Å². The van der Waals surface area contributed by atoms with E-state index in [0.717, 1.165) is 5.56 Å². The van der Waals surface area contributed by atoms with Crippen LogP contribution < -0.4 is 5.56 Å². The monoisotopic (exact) mass is 205 g/mol. The molecule has 0 aliphatic heterocycles. The topological polar surface area (TPSA) is 22.0 Å². The van der Waals surface area contributed by atoms with Gasteiger partial charge in [0.1, 0.15) is 0 Å². The van der Waals surface area contributed by atoms with Gasteiger partial charge in [-0.2, -0.15) is 0 Å². The number of nitrogens with zero attached hydrogens (tertiary/aromatic N) is 1. The third-order valence-electron chi connectivity index (χ3n) is 3.06. The Labute approximate surface area is 90.9 Å². The molecule has 0 N–H and O–H groups in total. The Hall–Kier alpha value is -1.05. The van der Waals surface area contributed by atoms with E-state index in [-0.39, 0.29) is 11.0 Å². The Balaban J connectivity index is 2.57. The SMILES string of the molecule is Cn1cc(C2CC2)cc(C(C)(C)C)c1=O. The fourth-order valence-electron chi connectivity index (χ4n) is 1.92. The predicted molar refractivity (Wildman–Crippen MR) is 62.4 cm³/mol. The van der Waals surface area contributed by atoms with Crippen molar-refractivity contribution in [2.24, 2.45) is 7.05 Å². The third kappa shape index (κ3) is 1.99. The molecule has 1 aliphatic rings. The van der Waals surface area contributed by atoms with Gasteiger partial charge in [0, 0.05) is 18.8 Å². The normalized spacial score (nSPS) is 16.8. The van der Waals surface area contributed by atoms with Crippen molar-refractivity contribution in [3.05, 3.63) is 33.7 Å². The van der Waals surface area contributed by atoms with Gasteiger partial charge in [-0.3, -0.25) is 4.79 Å². The van der Waals surface area contributed by atoms with E-state index in [1.807, 2.05) is 13.2 Å². The summed E-state index contributed by atoms with van der Waals surface area (Å²) in [6.45, 7) is 6.29. The summed E-state index contributed by atoms with van der Waals surface area (Å²) in [5, 5.41) is 0. The van der Waals surface area contributed by atoms with Crippen molar-refractivity contribution < 1.29 is 0 Å². The van der Waals surface area contributed by atoms with Crippen LogP contribution in [-0.4, -0.2) is 4.57 Å². The van der Waals surface area contributed by atoms with Gasteiger partial charge >= 0.3 is 0 Å². The van der Waals surface area contributed by atoms with E-state index in [9.17, 15) is 4.79 Å². The molecule has 0 aromatic carbocycles. The third-order valence-corrected chi connectivity index (χ3v) is 3.06. The second-order valence-corrected chi connectivity index (χ2v) is 5.63. The Morgan fingerprint density at radius 1 is 1.33 bits per heavy atom. The molecule has 2 rings (SSSR count). The lowest BCUT2D eigenvalue weighted by molar-refractivity contribution is 0.571. The number of aryl methyl sites for hydroxylation is 1. The fourth-order valence-corrected chi connectivity index (χ4v) is 1.92. The molecular weight excluding hydrogens is 186 g/mol. The number of pyridine rings is 1. The van der Waals surface area contributed by atoms with Crippen LogP contribution in [-0.2, 0) is 12.5 Å². The van der Waals surface area contributed by atoms with Gasteiger partial charge in [0.05, 0.1) is 0 Å². The molecule has 0 saturated heterocycles. The lowest BCUT2D eigenvalue weighted by Gasteiger charge is -2.20. The van der Waals surface area contributed by atoms with Crippen molar-refractivity contribution in [2.45, 2.75) is 44.9 Å². The van der Waals surface area contributed by atoms with Crippen molar-refractivity contribution in [3.8, 4) is 0 Å². The summed E-state index contributed by atoms with van der Waals surface area (Å²) in [7, 11) is 1.85. The van der Waals surface area contributed by atoms with Gasteiger partial charge in [-0.1, -0.05) is 20.8 Å². The van der Waals surface area contributed by atoms with Crippen LogP contribution in [0.3, 0.4) is 0 Å². The van der Waals surface area contributed by atoms with Crippen molar-refractivity contribution in [3.63, 3.8) is 0 Å². The second-order valence-electron chi connectivity index (χ2n) is 5.63. The van der Waals surface area contributed by atoms with Gasteiger partial charge < -0.3 is 4.57 Å². The Morgan fingerprint density at radius 3 is 2.40 bits per heavy atom. The summed E-state index contributed by atoms with van der Waals surface area (Å²) in [6, 6.07) is 2.11. The van der Waals surface area contributed by atoms with Crippen LogP contribution in [0.4, 0.5) is 0 Å². The van der Waals surface area contributed by atoms with Gasteiger partial charge in [0.2, 0.25) is 0 Å². The molecule has 0 unspecified atom stereocenters. The first-order valence-corrected chi connectivity index (χ1v) is 5.60. The van der Waals surface area contributed by atoms with Crippen molar-refractivity contribution in [2.75, 3.05) is 0 Å². The number of hydrogen-bond acceptors (Lipinski definition) is 1. The number of rotatable bonds is 1. The first-order chi connectivity index (χ1) is 6.89. The smallest absolute Gasteiger partial charge is 0.254 e. The minimum Gasteiger partial charge on any atom is -0.318 e. The molecule has 1 aromatic rings. The highest BCUT2D eigenvalue weighted by molar-refractivity contribution is 5.29. The molecule has 1 saturated carbocycles. The Bertz CT molecular complexity index is 433. The van der Waals surface area contributed by atoms with Crippen LogP contribution in [0, 0.1) is 0 Å². The first-order valence-electron chi connectivity index (χ1n) is 5.60. The van der Waals surface area contributed by atoms with Crippen LogP contribution >= 0.6 is 0 Å². The predicted octanol–water partition coefficient (Wildman–Crippen LogP) is 2.56. The molecule has 82 valence electrons. The lowest BCUT2D eigenvalue weighted by Crippen LogP contribution is -2.29. The highest BCUT2D eigenvalue weighted by Crippen LogP contribution is 2.40. The van der Waals surface area contributed by atoms with Crippen LogP contribution in [0.1, 0.15) is 50.7 Å². The van der Waals surface area contributed by atoms with Crippen molar-refractivity contribution in [1.82, 2.24) is 4.57 Å². The molecule has 0 amide bonds. The molecule has 2 nitrogen and oxygen atoms in total. The summed E-state index contributed by atoms with van der Waals surface area (Å²) in [5.74, 6) is 0.706. The molecule has 1 heterocycles. The molecule has 0 radical (unpaired) electrons. The summed E-state index contributed by atoms with van der Waals surface area (Å²) >= 11 is 0. The molecule has 1 aliphatic carbocycles. The maximum absolute atomic E-state index is 12.0. The Morgan fingerprint density at radius 2 is 1.93 bits per heavy atom. The maximum atomic E-state index is 12.0. The molecule has 0 spiro atoms. The zero-order valence-electron chi connectivity index (χ0n) is 10.0. The standard InChI is InChI=1S/C13H19NO/c1-13(2,3)11-7-10(9-5-6-9)8-14(4)12(11)15/h7-9H,5-6H2,1-4H3. The van der Waals surface area contributed by atoms with Crippen LogP contribution in [0.5, 0.6) is 0 Å². The van der Waals surface area contributed by atoms with Gasteiger partial charge in [0.25, 0.3) is 5.56 Å². The fraction of sp³-hybridized carbons (Fsp3) is 0.615. The Kier molecular flexibility index (Phi) is 2.25. The zero-order valence-corrected chi connectivity index (χ0v) is 10.0. The molecule has 2 heteroatoms. The number of hydrogen-bond donors (Lipinski definition) is 0. The molecule has 1 fully saturated rings. The van der Waals surface area contributed by atoms with Crippen LogP contribution in [0.25, 0.3) is 0 Å². The minimum atomic E-state index is -0.0558. The first kappa shape index (κ1) is 10.5. The molecule has 0 atom stereocenters. The summed E-state index contributed by atoms with van der Waals surface area (Å²) in [6.07, 6.45) is 4.55. The van der Waals surface area contributed by atoms with Crippen LogP contribution in [0.2, 0.25) is 0 Å². The average Bonchev–Trinajstić information content (AvgIpc) is 2.90. The minimum absolute atomic E-state index is 0.0558. The van der Waals surface area contributed by atoms with Gasteiger partial charge in [0.15, 0.2) is 0 Å². The van der Waals surface area contributed by atoms with Gasteiger partial charge in [-0.15, -0.1) is 0 Å². The maximum Gasteiger partial charge on any atom is 0.254 e. The van der Waals surface area contributed by atoms with Gasteiger partial charge in [-0.25, -0.2) is 0 Å². The molecular formula is C13H19NO. The molecule has 1 aromatic heterocycles.